The third-order valence-corrected chi connectivity index (χ3v) is 10.8. The molecule has 0 bridgehead atoms. The molecule has 0 saturated carbocycles. The van der Waals surface area contributed by atoms with Crippen LogP contribution in [0.2, 0.25) is 0 Å². The molecule has 3 rings (SSSR count). The maximum Gasteiger partial charge on any atom is 0.336 e. The molecule has 66 heavy (non-hydrogen) atoms. The van der Waals surface area contributed by atoms with Gasteiger partial charge in [-0.05, 0) is 29.4 Å². The maximum atomic E-state index is 14.7. The normalized spacial score (nSPS) is 16.6. The third kappa shape index (κ3) is 16.3. The van der Waals surface area contributed by atoms with Crippen LogP contribution in [0.4, 0.5) is 4.79 Å². The Morgan fingerprint density at radius 3 is 2.03 bits per heavy atom. The molecular weight excluding hydrogens is 861 g/mol. The quantitative estimate of drug-likeness (QED) is 0.0423. The Labute approximate surface area is 383 Å². The lowest BCUT2D eigenvalue weighted by Crippen LogP contribution is -2.62. The van der Waals surface area contributed by atoms with Crippen LogP contribution in [0, 0.1) is 11.8 Å². The van der Waals surface area contributed by atoms with E-state index in [0.717, 1.165) is 23.1 Å². The first-order valence-electron chi connectivity index (χ1n) is 21.6. The van der Waals surface area contributed by atoms with Crippen molar-refractivity contribution in [2.75, 3.05) is 13.1 Å². The number of carbonyl (C=O) groups is 9. The summed E-state index contributed by atoms with van der Waals surface area (Å²) in [7, 11) is 0. The summed E-state index contributed by atoms with van der Waals surface area (Å²) < 4.78 is 6.17. The number of hydrazine groups is 1. The molecular formula is C45H62N8O13. The number of benzene rings is 2. The first-order valence-corrected chi connectivity index (χ1v) is 21.6. The van der Waals surface area contributed by atoms with Crippen LogP contribution in [-0.2, 0) is 56.2 Å². The molecule has 8 amide bonds. The predicted octanol–water partition coefficient (Wildman–Crippen LogP) is 1.70. The molecule has 2 aromatic rings. The van der Waals surface area contributed by atoms with Crippen molar-refractivity contribution in [1.29, 1.82) is 0 Å². The van der Waals surface area contributed by atoms with Crippen LogP contribution in [0.3, 0.4) is 0 Å². The second-order valence-electron chi connectivity index (χ2n) is 16.3. The number of ether oxygens (including phenoxy) is 1. The summed E-state index contributed by atoms with van der Waals surface area (Å²) in [5.74, 6) is -10.1. The lowest BCUT2D eigenvalue weighted by atomic mass is 9.95. The molecule has 1 fully saturated rings. The molecule has 8 N–H and O–H groups in total. The van der Waals surface area contributed by atoms with Crippen molar-refractivity contribution in [3.05, 3.63) is 84.4 Å². The van der Waals surface area contributed by atoms with Crippen molar-refractivity contribution >= 4 is 53.4 Å². The van der Waals surface area contributed by atoms with Gasteiger partial charge >= 0.3 is 18.0 Å². The fraction of sp³-hybridized carbons (Fsp3) is 0.489. The van der Waals surface area contributed by atoms with Crippen LogP contribution < -0.4 is 26.7 Å². The predicted molar refractivity (Wildman–Crippen MR) is 236 cm³/mol. The van der Waals surface area contributed by atoms with Gasteiger partial charge in [-0.2, -0.15) is 0 Å². The van der Waals surface area contributed by atoms with Crippen molar-refractivity contribution in [3.8, 4) is 0 Å². The van der Waals surface area contributed by atoms with Crippen molar-refractivity contribution in [3.63, 3.8) is 0 Å². The van der Waals surface area contributed by atoms with Crippen LogP contribution in [0.1, 0.15) is 77.8 Å². The highest BCUT2D eigenvalue weighted by molar-refractivity contribution is 5.97. The molecule has 1 aliphatic heterocycles. The maximum absolute atomic E-state index is 14.7. The lowest BCUT2D eigenvalue weighted by molar-refractivity contribution is -0.187. The van der Waals surface area contributed by atoms with Crippen LogP contribution in [-0.4, -0.2) is 133 Å². The second-order valence-corrected chi connectivity index (χ2v) is 16.3. The monoisotopic (exact) mass is 922 g/mol. The number of carboxylic acid groups (broad SMARTS) is 2. The molecule has 0 unspecified atom stereocenters. The molecule has 0 aliphatic carbocycles. The molecule has 21 nitrogen and oxygen atoms in total. The van der Waals surface area contributed by atoms with E-state index in [1.165, 1.54) is 17.9 Å². The molecule has 2 aromatic carbocycles. The zero-order valence-corrected chi connectivity index (χ0v) is 37.8. The standard InChI is InChI=1S/C45H62N8O13/c1-7-21-52(45(64)46-24-30-15-11-9-12-16-30)50-41(60)35-22-32(66-26-31-17-13-10-14-18-31)25-51(35)44(63)38(27(3)4)49-42(61)39(28(5)8-2)53(65)43(62)33(19-20-36(55)56)48-40(59)34(23-37(57)58)47-29(6)54/h7,9-18,27-28,32-35,38-39,65H,1,8,19-26H2,2-6H3,(H,46,64)(H,47,54)(H,48,59)(H,49,61)(H,50,60)(H,55,56)(H,57,58)/t28-,32+,33+,34-,35-,38-,39-/m0/s1. The van der Waals surface area contributed by atoms with Crippen molar-refractivity contribution in [2.45, 2.75) is 116 Å². The fourth-order valence-corrected chi connectivity index (χ4v) is 7.07. The molecule has 7 atom stereocenters. The van der Waals surface area contributed by atoms with E-state index in [1.54, 1.807) is 20.8 Å². The summed E-state index contributed by atoms with van der Waals surface area (Å²) in [6.45, 7) is 11.2. The molecule has 1 aliphatic rings. The summed E-state index contributed by atoms with van der Waals surface area (Å²) in [5.41, 5.74) is 4.24. The number of rotatable bonds is 24. The number of carboxylic acids is 2. The van der Waals surface area contributed by atoms with Crippen molar-refractivity contribution < 1.29 is 63.3 Å². The SMILES string of the molecule is C=CCN(NC(=O)[C@@H]1C[C@@H](OCc2ccccc2)CN1C(=O)[C@@H](NC(=O)[C@H]([C@@H](C)CC)N(O)C(=O)[C@@H](CCC(=O)O)NC(=O)[C@H](CC(=O)O)NC(C)=O)C(C)C)C(=O)NCc1ccccc1. The van der Waals surface area contributed by atoms with Gasteiger partial charge in [-0.25, -0.2) is 14.9 Å². The van der Waals surface area contributed by atoms with Crippen LogP contribution in [0.15, 0.2) is 73.3 Å². The van der Waals surface area contributed by atoms with E-state index in [4.69, 9.17) is 4.74 Å². The van der Waals surface area contributed by atoms with Gasteiger partial charge in [0.15, 0.2) is 0 Å². The van der Waals surface area contributed by atoms with Crippen LogP contribution in [0.25, 0.3) is 0 Å². The lowest BCUT2D eigenvalue weighted by Gasteiger charge is -2.35. The first kappa shape index (κ1) is 53.5. The Hall–Kier alpha value is -6.87. The summed E-state index contributed by atoms with van der Waals surface area (Å²) in [5, 5.41) is 40.9. The largest absolute Gasteiger partial charge is 0.481 e. The van der Waals surface area contributed by atoms with E-state index in [1.807, 2.05) is 60.7 Å². The molecule has 0 radical (unpaired) electrons. The first-order chi connectivity index (χ1) is 31.3. The Kier molecular flexibility index (Phi) is 21.2. The highest BCUT2D eigenvalue weighted by Gasteiger charge is 2.45. The molecule has 0 spiro atoms. The van der Waals surface area contributed by atoms with Gasteiger partial charge < -0.3 is 41.1 Å². The minimum absolute atomic E-state index is 0.00382. The Balaban J connectivity index is 1.92. The molecule has 1 saturated heterocycles. The molecule has 0 aromatic heterocycles. The number of aliphatic carboxylic acids is 2. The van der Waals surface area contributed by atoms with Gasteiger partial charge in [-0.3, -0.25) is 49.0 Å². The zero-order chi connectivity index (χ0) is 49.1. The smallest absolute Gasteiger partial charge is 0.336 e. The summed E-state index contributed by atoms with van der Waals surface area (Å²) in [6, 6.07) is 9.83. The van der Waals surface area contributed by atoms with Crippen LogP contribution >= 0.6 is 0 Å². The summed E-state index contributed by atoms with van der Waals surface area (Å²) in [6.07, 6.45) is -1.29. The van der Waals surface area contributed by atoms with Crippen LogP contribution in [0.5, 0.6) is 0 Å². The molecule has 1 heterocycles. The van der Waals surface area contributed by atoms with Crippen molar-refractivity contribution in [1.82, 2.24) is 41.7 Å². The van der Waals surface area contributed by atoms with E-state index in [-0.39, 0.29) is 44.1 Å². The number of carbonyl (C=O) groups excluding carboxylic acids is 7. The Morgan fingerprint density at radius 2 is 1.48 bits per heavy atom. The Bertz CT molecular complexity index is 2010. The number of likely N-dealkylation sites (tertiary alicyclic amines) is 1. The summed E-state index contributed by atoms with van der Waals surface area (Å²) >= 11 is 0. The Morgan fingerprint density at radius 1 is 0.864 bits per heavy atom. The second kappa shape index (κ2) is 26.2. The zero-order valence-electron chi connectivity index (χ0n) is 37.8. The average Bonchev–Trinajstić information content (AvgIpc) is 3.72. The van der Waals surface area contributed by atoms with E-state index >= 15 is 0 Å². The number of hydrogen-bond acceptors (Lipinski definition) is 11. The van der Waals surface area contributed by atoms with Gasteiger partial charge in [0.1, 0.15) is 30.2 Å². The fourth-order valence-electron chi connectivity index (χ4n) is 7.07. The number of nitrogens with zero attached hydrogens (tertiary/aromatic N) is 3. The highest BCUT2D eigenvalue weighted by Crippen LogP contribution is 2.25. The van der Waals surface area contributed by atoms with Gasteiger partial charge in [0.05, 0.1) is 25.7 Å². The minimum Gasteiger partial charge on any atom is -0.481 e. The number of urea groups is 1. The summed E-state index contributed by atoms with van der Waals surface area (Å²) in [4.78, 5) is 119. The minimum atomic E-state index is -1.82. The molecule has 21 heteroatoms. The van der Waals surface area contributed by atoms with Gasteiger partial charge in [0.2, 0.25) is 23.6 Å². The molecule has 360 valence electrons. The van der Waals surface area contributed by atoms with E-state index in [9.17, 15) is 58.6 Å². The van der Waals surface area contributed by atoms with Gasteiger partial charge in [-0.1, -0.05) is 101 Å². The van der Waals surface area contributed by atoms with E-state index < -0.39 is 121 Å². The van der Waals surface area contributed by atoms with Gasteiger partial charge in [-0.15, -0.1) is 6.58 Å². The third-order valence-electron chi connectivity index (χ3n) is 10.8. The highest BCUT2D eigenvalue weighted by atomic mass is 16.5. The van der Waals surface area contributed by atoms with E-state index in [0.29, 0.717) is 0 Å². The van der Waals surface area contributed by atoms with Gasteiger partial charge in [0, 0.05) is 32.9 Å². The number of hydroxylamine groups is 2. The van der Waals surface area contributed by atoms with Gasteiger partial charge in [0.25, 0.3) is 11.8 Å². The number of hydrogen-bond donors (Lipinski definition) is 8. The average molecular weight is 923 g/mol. The van der Waals surface area contributed by atoms with E-state index in [2.05, 4.69) is 33.3 Å². The van der Waals surface area contributed by atoms with Crippen molar-refractivity contribution in [2.24, 2.45) is 11.8 Å². The topological polar surface area (TPSA) is 293 Å². The number of amides is 8. The number of nitrogens with one attached hydrogen (secondary N) is 5.